The first-order valence-corrected chi connectivity index (χ1v) is 20.1. The van der Waals surface area contributed by atoms with Gasteiger partial charge in [0.05, 0.1) is 35.6 Å². The van der Waals surface area contributed by atoms with E-state index in [1.807, 2.05) is 0 Å². The summed E-state index contributed by atoms with van der Waals surface area (Å²) in [5, 5.41) is 28.0. The lowest BCUT2D eigenvalue weighted by Gasteiger charge is -2.67. The molecule has 0 aromatic heterocycles. The Morgan fingerprint density at radius 1 is 0.933 bits per heavy atom. The van der Waals surface area contributed by atoms with E-state index in [1.165, 1.54) is 21.1 Å². The molecular weight excluding hydrogens is 778 g/mol. The molecule has 1 saturated heterocycles. The highest BCUT2D eigenvalue weighted by Gasteiger charge is 2.78. The number of fused-ring (bicyclic) bond motifs is 5. The number of aliphatic hydroxyl groups is 2. The topological polar surface area (TPSA) is 202 Å². The second-order valence-electron chi connectivity index (χ2n) is 18.0. The lowest BCUT2D eigenvalue weighted by atomic mass is 9.44. The number of hydrogen-bond donors (Lipinski definition) is 3. The summed E-state index contributed by atoms with van der Waals surface area (Å²) in [6, 6.07) is 15.1. The van der Waals surface area contributed by atoms with Crippen molar-refractivity contribution in [1.82, 2.24) is 5.32 Å². The fourth-order valence-corrected chi connectivity index (χ4v) is 10.1. The van der Waals surface area contributed by atoms with E-state index in [0.29, 0.717) is 11.1 Å². The third-order valence-electron chi connectivity index (χ3n) is 13.0. The Morgan fingerprint density at radius 3 is 2.08 bits per heavy atom. The Labute approximate surface area is 350 Å². The van der Waals surface area contributed by atoms with Crippen molar-refractivity contribution in [3.05, 3.63) is 82.9 Å². The number of alkyl carbamates (subject to hydrolysis) is 1. The minimum absolute atomic E-state index is 0.121. The Balaban J connectivity index is 1.52. The normalized spacial score (nSPS) is 33.0. The number of hydrogen-bond acceptors (Lipinski definition) is 14. The summed E-state index contributed by atoms with van der Waals surface area (Å²) < 4.78 is 42.4. The number of ketones is 1. The molecule has 60 heavy (non-hydrogen) atoms. The molecule has 3 aliphatic carbocycles. The smallest absolute Gasteiger partial charge is 0.408 e. The molecule has 11 atom stereocenters. The fraction of sp³-hybridized carbons (Fsp3) is 0.578. The second kappa shape index (κ2) is 16.3. The van der Waals surface area contributed by atoms with Crippen molar-refractivity contribution < 1.29 is 67.3 Å². The summed E-state index contributed by atoms with van der Waals surface area (Å²) in [6.45, 7) is 12.7. The second-order valence-corrected chi connectivity index (χ2v) is 18.0. The van der Waals surface area contributed by atoms with E-state index in [1.54, 1.807) is 109 Å². The SMILES string of the molecule is CO[C@@H]1C(=O)[C@]2(C)[C@H](OC)C[C@@H]3OC[C@]3(OC(C)=O)[C@@H]2[C@H](OC(=O)c2ccccc2)[C@@]2(O)C[C@H](OC(=O)[C@H](O)[C@@H](NC(=O)OC(C)(C)C)c3ccccc3)C(C)=C1C2(C)C. The predicted molar refractivity (Wildman–Crippen MR) is 213 cm³/mol. The van der Waals surface area contributed by atoms with Crippen molar-refractivity contribution in [3.63, 3.8) is 0 Å². The van der Waals surface area contributed by atoms with E-state index in [-0.39, 0.29) is 24.2 Å². The van der Waals surface area contributed by atoms with Crippen LogP contribution in [0.1, 0.15) is 90.2 Å². The quantitative estimate of drug-likeness (QED) is 0.171. The molecule has 326 valence electrons. The summed E-state index contributed by atoms with van der Waals surface area (Å²) in [6.07, 6.45) is -9.31. The molecule has 3 fully saturated rings. The third-order valence-corrected chi connectivity index (χ3v) is 13.0. The van der Waals surface area contributed by atoms with E-state index in [0.717, 1.165) is 0 Å². The number of rotatable bonds is 10. The third kappa shape index (κ3) is 7.52. The first-order chi connectivity index (χ1) is 28.1. The van der Waals surface area contributed by atoms with E-state index < -0.39 is 112 Å². The molecule has 2 bridgehead atoms. The number of Topliss-reactive ketones (excluding diaryl/α,β-unsaturated/α-hetero) is 1. The highest BCUT2D eigenvalue weighted by Crippen LogP contribution is 2.64. The molecule has 2 aromatic carbocycles. The van der Waals surface area contributed by atoms with Crippen molar-refractivity contribution in [1.29, 1.82) is 0 Å². The fourth-order valence-electron chi connectivity index (χ4n) is 10.1. The van der Waals surface area contributed by atoms with E-state index >= 15 is 4.79 Å². The van der Waals surface area contributed by atoms with Gasteiger partial charge in [0.2, 0.25) is 0 Å². The Hall–Kier alpha value is -4.67. The van der Waals surface area contributed by atoms with Gasteiger partial charge in [-0.05, 0) is 63.5 Å². The van der Waals surface area contributed by atoms with Gasteiger partial charge >= 0.3 is 24.0 Å². The van der Waals surface area contributed by atoms with Crippen LogP contribution in [0.4, 0.5) is 4.79 Å². The van der Waals surface area contributed by atoms with E-state index in [4.69, 9.17) is 33.2 Å². The molecule has 0 unspecified atom stereocenters. The number of amides is 1. The van der Waals surface area contributed by atoms with Crippen LogP contribution in [-0.2, 0) is 47.5 Å². The Morgan fingerprint density at radius 2 is 1.55 bits per heavy atom. The zero-order valence-electron chi connectivity index (χ0n) is 35.8. The molecular formula is C45H57NO14. The zero-order chi connectivity index (χ0) is 44.2. The highest BCUT2D eigenvalue weighted by molar-refractivity contribution is 5.94. The van der Waals surface area contributed by atoms with E-state index in [9.17, 15) is 29.4 Å². The zero-order valence-corrected chi connectivity index (χ0v) is 35.8. The van der Waals surface area contributed by atoms with Gasteiger partial charge in [0.1, 0.15) is 35.6 Å². The Kier molecular flexibility index (Phi) is 12.2. The number of ether oxygens (including phenoxy) is 7. The minimum Gasteiger partial charge on any atom is -0.456 e. The minimum atomic E-state index is -2.22. The van der Waals surface area contributed by atoms with Crippen molar-refractivity contribution in [3.8, 4) is 0 Å². The maximum atomic E-state index is 15.5. The molecule has 2 aromatic rings. The van der Waals surface area contributed by atoms with E-state index in [2.05, 4.69) is 5.32 Å². The maximum Gasteiger partial charge on any atom is 0.408 e. The van der Waals surface area contributed by atoms with Gasteiger partial charge in [-0.15, -0.1) is 0 Å². The molecule has 15 heteroatoms. The van der Waals surface area contributed by atoms with Gasteiger partial charge < -0.3 is 48.7 Å². The maximum absolute atomic E-state index is 15.5. The number of benzene rings is 2. The summed E-state index contributed by atoms with van der Waals surface area (Å²) in [5.41, 5.74) is -6.72. The van der Waals surface area contributed by atoms with Gasteiger partial charge in [0.15, 0.2) is 17.5 Å². The van der Waals surface area contributed by atoms with Gasteiger partial charge in [-0.1, -0.05) is 62.4 Å². The number of aliphatic hydroxyl groups excluding tert-OH is 1. The van der Waals surface area contributed by atoms with Crippen LogP contribution in [0.2, 0.25) is 0 Å². The number of carbonyl (C=O) groups is 5. The molecule has 6 rings (SSSR count). The first kappa shape index (κ1) is 44.9. The van der Waals surface area contributed by atoms with Gasteiger partial charge in [-0.25, -0.2) is 14.4 Å². The van der Waals surface area contributed by atoms with Crippen molar-refractivity contribution in [2.75, 3.05) is 20.8 Å². The van der Waals surface area contributed by atoms with Crippen molar-refractivity contribution in [2.24, 2.45) is 16.7 Å². The number of methoxy groups -OCH3 is 2. The number of esters is 3. The van der Waals surface area contributed by atoms with Crippen LogP contribution in [0.25, 0.3) is 0 Å². The van der Waals surface area contributed by atoms with Gasteiger partial charge in [0, 0.05) is 39.4 Å². The number of nitrogens with one attached hydrogen (secondary N) is 1. The summed E-state index contributed by atoms with van der Waals surface area (Å²) in [7, 11) is 2.78. The Bertz CT molecular complexity index is 2010. The largest absolute Gasteiger partial charge is 0.456 e. The summed E-state index contributed by atoms with van der Waals surface area (Å²) >= 11 is 0. The molecule has 4 aliphatic rings. The molecule has 0 spiro atoms. The highest BCUT2D eigenvalue weighted by atomic mass is 16.6. The monoisotopic (exact) mass is 835 g/mol. The van der Waals surface area contributed by atoms with Crippen LogP contribution >= 0.6 is 0 Å². The lowest BCUT2D eigenvalue weighted by Crippen LogP contribution is -2.82. The molecule has 0 radical (unpaired) electrons. The van der Waals surface area contributed by atoms with Gasteiger partial charge in [-0.3, -0.25) is 9.59 Å². The van der Waals surface area contributed by atoms with Crippen LogP contribution in [0.3, 0.4) is 0 Å². The molecule has 2 saturated carbocycles. The molecule has 15 nitrogen and oxygen atoms in total. The van der Waals surface area contributed by atoms with Crippen LogP contribution in [0, 0.1) is 16.7 Å². The van der Waals surface area contributed by atoms with Crippen LogP contribution in [-0.4, -0.2) is 114 Å². The lowest BCUT2D eigenvalue weighted by molar-refractivity contribution is -0.347. The average Bonchev–Trinajstić information content (AvgIpc) is 3.18. The number of carbonyl (C=O) groups excluding carboxylic acids is 5. The summed E-state index contributed by atoms with van der Waals surface area (Å²) in [4.78, 5) is 70.1. The van der Waals surface area contributed by atoms with Crippen molar-refractivity contribution in [2.45, 2.75) is 128 Å². The van der Waals surface area contributed by atoms with Crippen LogP contribution in [0.5, 0.6) is 0 Å². The predicted octanol–water partition coefficient (Wildman–Crippen LogP) is 4.57. The summed E-state index contributed by atoms with van der Waals surface area (Å²) in [5.74, 6) is -4.52. The molecule has 3 N–H and O–H groups in total. The van der Waals surface area contributed by atoms with Crippen LogP contribution < -0.4 is 5.32 Å². The van der Waals surface area contributed by atoms with Crippen molar-refractivity contribution >= 4 is 29.8 Å². The molecule has 1 aliphatic heterocycles. The molecule has 1 amide bonds. The standard InChI is InChI=1S/C45H57NO14/c1-24-28(57-39(51)33(48)32(26-17-13-11-14-18-26)46-40(52)60-41(3,4)5)22-45(53)37(58-38(50)27-19-15-12-16-20-27)35-43(8,36(49)34(55-10)31(24)42(45,6)7)29(54-9)21-30-44(35,23-56-30)59-25(2)47/h11-20,28-30,32-35,37,48,53H,21-23H2,1-10H3,(H,46,52)/t28-,29+,30-,32-,33+,34-,35+,37-,43+,44+,45-/m0/s1. The van der Waals surface area contributed by atoms with Gasteiger partial charge in [-0.2, -0.15) is 0 Å². The molecule has 1 heterocycles. The average molecular weight is 836 g/mol. The van der Waals surface area contributed by atoms with Crippen LogP contribution in [0.15, 0.2) is 71.8 Å². The van der Waals surface area contributed by atoms with Gasteiger partial charge in [0.25, 0.3) is 0 Å². The first-order valence-electron chi connectivity index (χ1n) is 20.1.